The maximum atomic E-state index is 14.3. The molecule has 7 aromatic carbocycles. The molecule has 5 aliphatic carbocycles. The van der Waals surface area contributed by atoms with Crippen LogP contribution in [0.25, 0.3) is 78.3 Å². The van der Waals surface area contributed by atoms with Gasteiger partial charge in [0.05, 0.1) is 0 Å². The van der Waals surface area contributed by atoms with E-state index in [1.807, 2.05) is 36.4 Å². The van der Waals surface area contributed by atoms with Gasteiger partial charge >= 0.3 is 0 Å². The molecule has 1 heterocycles. The predicted octanol–water partition coefficient (Wildman–Crippen LogP) is 12.8. The number of fused-ring (bicyclic) bond motifs is 4. The van der Waals surface area contributed by atoms with Gasteiger partial charge in [-0.2, -0.15) is 0 Å². The number of hydrogen-bond donors (Lipinski definition) is 0. The van der Waals surface area contributed by atoms with Crippen molar-refractivity contribution in [3.8, 4) is 67.5 Å². The minimum atomic E-state index is -0.325. The Bertz CT molecular complexity index is 2860. The summed E-state index contributed by atoms with van der Waals surface area (Å²) in [6.07, 6.45) is 5.51. The lowest BCUT2D eigenvalue weighted by molar-refractivity contribution is 0.191. The lowest BCUT2D eigenvalue weighted by Crippen LogP contribution is -2.40. The summed E-state index contributed by atoms with van der Waals surface area (Å²) in [6, 6.07) is 55.0. The first-order chi connectivity index (χ1) is 27.6. The molecule has 1 spiro atoms. The number of rotatable bonds is 5. The summed E-state index contributed by atoms with van der Waals surface area (Å²) in [4.78, 5) is 14.5. The summed E-state index contributed by atoms with van der Waals surface area (Å²) >= 11 is 0. The Labute approximate surface area is 326 Å². The normalized spacial score (nSPS) is 22.5. The first kappa shape index (κ1) is 32.0. The van der Waals surface area contributed by atoms with Gasteiger partial charge in [0.2, 0.25) is 0 Å². The van der Waals surface area contributed by atoms with E-state index in [9.17, 15) is 4.39 Å². The van der Waals surface area contributed by atoms with Crippen LogP contribution in [-0.4, -0.2) is 15.0 Å². The number of nitrogens with zero attached hydrogens (tertiary/aromatic N) is 3. The number of halogens is 1. The lowest BCUT2D eigenvalue weighted by Gasteiger charge is -2.44. The van der Waals surface area contributed by atoms with E-state index >= 15 is 0 Å². The van der Waals surface area contributed by atoms with Crippen molar-refractivity contribution in [1.82, 2.24) is 15.0 Å². The van der Waals surface area contributed by atoms with Gasteiger partial charge in [0.25, 0.3) is 0 Å². The number of hydrogen-bond acceptors (Lipinski definition) is 3. The molecule has 268 valence electrons. The summed E-state index contributed by atoms with van der Waals surface area (Å²) in [5.41, 5.74) is 13.5. The van der Waals surface area contributed by atoms with Gasteiger partial charge in [-0.1, -0.05) is 127 Å². The van der Waals surface area contributed by atoms with E-state index in [-0.39, 0.29) is 11.2 Å². The summed E-state index contributed by atoms with van der Waals surface area (Å²) in [6.45, 7) is 0. The van der Waals surface area contributed by atoms with Crippen molar-refractivity contribution in [3.63, 3.8) is 0 Å². The van der Waals surface area contributed by atoms with Crippen molar-refractivity contribution in [1.29, 1.82) is 0 Å². The SMILES string of the molecule is Fc1cccc(-c2nc(-c3ccccc3)nc(-c3ccc(-c4cccc(-c5cccc6c5C5(c7cc8ccccc8cc7-6)C6CC7CC(C6)C5C7)c4)cc3)n2)c1. The van der Waals surface area contributed by atoms with Crippen molar-refractivity contribution >= 4 is 10.8 Å². The second kappa shape index (κ2) is 12.1. The van der Waals surface area contributed by atoms with Crippen LogP contribution in [0.3, 0.4) is 0 Å². The molecule has 0 radical (unpaired) electrons. The molecule has 4 fully saturated rings. The van der Waals surface area contributed by atoms with Crippen LogP contribution >= 0.6 is 0 Å². The molecule has 56 heavy (non-hydrogen) atoms. The smallest absolute Gasteiger partial charge is 0.164 e. The highest BCUT2D eigenvalue weighted by atomic mass is 19.1. The molecule has 5 aliphatic rings. The van der Waals surface area contributed by atoms with E-state index < -0.39 is 0 Å². The molecule has 4 heteroatoms. The molecule has 0 N–H and O–H groups in total. The summed E-state index contributed by atoms with van der Waals surface area (Å²) < 4.78 is 14.3. The molecule has 8 aromatic rings. The lowest BCUT2D eigenvalue weighted by atomic mass is 9.58. The van der Waals surface area contributed by atoms with Crippen LogP contribution in [0.5, 0.6) is 0 Å². The molecule has 3 nitrogen and oxygen atoms in total. The first-order valence-corrected chi connectivity index (χ1v) is 20.1. The highest BCUT2D eigenvalue weighted by Gasteiger charge is 2.66. The van der Waals surface area contributed by atoms with Crippen LogP contribution in [0.2, 0.25) is 0 Å². The van der Waals surface area contributed by atoms with Crippen LogP contribution in [0.1, 0.15) is 36.8 Å². The zero-order valence-corrected chi connectivity index (χ0v) is 30.9. The molecule has 1 aromatic heterocycles. The maximum Gasteiger partial charge on any atom is 0.164 e. The fourth-order valence-electron chi connectivity index (χ4n) is 11.7. The average molecular weight is 724 g/mol. The Balaban J connectivity index is 0.953. The Kier molecular flexibility index (Phi) is 6.93. The van der Waals surface area contributed by atoms with E-state index in [4.69, 9.17) is 15.0 Å². The van der Waals surface area contributed by atoms with E-state index in [1.165, 1.54) is 76.4 Å². The van der Waals surface area contributed by atoms with Gasteiger partial charge < -0.3 is 0 Å². The Hall–Kier alpha value is -6.26. The fraction of sp³-hybridized carbons (Fsp3) is 0.173. The Morgan fingerprint density at radius 3 is 1.86 bits per heavy atom. The largest absolute Gasteiger partial charge is 0.208 e. The number of aromatic nitrogens is 3. The predicted molar refractivity (Wildman–Crippen MR) is 223 cm³/mol. The van der Waals surface area contributed by atoms with Crippen molar-refractivity contribution in [3.05, 3.63) is 175 Å². The van der Waals surface area contributed by atoms with Crippen LogP contribution in [-0.2, 0) is 5.41 Å². The van der Waals surface area contributed by atoms with E-state index in [0.717, 1.165) is 28.5 Å². The second-order valence-corrected chi connectivity index (χ2v) is 16.6. The Morgan fingerprint density at radius 2 is 1.07 bits per heavy atom. The molecule has 0 aliphatic heterocycles. The molecular weight excluding hydrogens is 686 g/mol. The summed E-state index contributed by atoms with van der Waals surface area (Å²) in [5.74, 6) is 4.36. The third-order valence-corrected chi connectivity index (χ3v) is 13.7. The van der Waals surface area contributed by atoms with Crippen LogP contribution in [0.15, 0.2) is 158 Å². The monoisotopic (exact) mass is 723 g/mol. The summed E-state index contributed by atoms with van der Waals surface area (Å²) in [7, 11) is 0. The van der Waals surface area contributed by atoms with E-state index in [1.54, 1.807) is 17.2 Å². The number of benzene rings is 7. The average Bonchev–Trinajstić information content (AvgIpc) is 3.79. The van der Waals surface area contributed by atoms with Crippen molar-refractivity contribution < 1.29 is 4.39 Å². The molecule has 0 amide bonds. The van der Waals surface area contributed by atoms with Crippen molar-refractivity contribution in [2.75, 3.05) is 0 Å². The van der Waals surface area contributed by atoms with Gasteiger partial charge in [-0.3, -0.25) is 0 Å². The molecule has 13 rings (SSSR count). The van der Waals surface area contributed by atoms with Gasteiger partial charge in [-0.25, -0.2) is 19.3 Å². The zero-order chi connectivity index (χ0) is 37.0. The van der Waals surface area contributed by atoms with Gasteiger partial charge in [-0.05, 0) is 135 Å². The molecule has 5 atom stereocenters. The van der Waals surface area contributed by atoms with Crippen LogP contribution in [0.4, 0.5) is 4.39 Å². The third-order valence-electron chi connectivity index (χ3n) is 13.7. The fourth-order valence-corrected chi connectivity index (χ4v) is 11.7. The molecule has 4 bridgehead atoms. The minimum Gasteiger partial charge on any atom is -0.208 e. The Morgan fingerprint density at radius 1 is 0.446 bits per heavy atom. The molecule has 0 saturated heterocycles. The third kappa shape index (κ3) is 4.71. The molecular formula is C52H38FN3. The van der Waals surface area contributed by atoms with E-state index in [2.05, 4.69) is 103 Å². The molecule has 5 unspecified atom stereocenters. The van der Waals surface area contributed by atoms with Crippen LogP contribution < -0.4 is 0 Å². The van der Waals surface area contributed by atoms with Gasteiger partial charge in [0.15, 0.2) is 17.5 Å². The quantitative estimate of drug-likeness (QED) is 0.177. The summed E-state index contributed by atoms with van der Waals surface area (Å²) in [5, 5.41) is 2.69. The maximum absolute atomic E-state index is 14.3. The zero-order valence-electron chi connectivity index (χ0n) is 30.9. The van der Waals surface area contributed by atoms with Gasteiger partial charge in [-0.15, -0.1) is 0 Å². The molecule has 4 saturated carbocycles. The van der Waals surface area contributed by atoms with E-state index in [0.29, 0.717) is 34.9 Å². The second-order valence-electron chi connectivity index (χ2n) is 16.6. The van der Waals surface area contributed by atoms with Crippen molar-refractivity contribution in [2.45, 2.75) is 31.1 Å². The van der Waals surface area contributed by atoms with Crippen LogP contribution in [0, 0.1) is 29.5 Å². The highest BCUT2D eigenvalue weighted by Crippen LogP contribution is 2.74. The van der Waals surface area contributed by atoms with Gasteiger partial charge in [0, 0.05) is 22.1 Å². The topological polar surface area (TPSA) is 38.7 Å². The van der Waals surface area contributed by atoms with Crippen molar-refractivity contribution in [2.24, 2.45) is 23.7 Å². The van der Waals surface area contributed by atoms with Gasteiger partial charge in [0.1, 0.15) is 5.82 Å². The highest BCUT2D eigenvalue weighted by molar-refractivity contribution is 5.97. The standard InChI is InChI=1S/C52H38FN3/c53-42-16-7-15-39(28-42)51-55-49(33-9-2-1-3-10-33)54-50(56-51)34-21-19-32(20-22-34)35-13-6-14-38(26-35)43-17-8-18-44-45-29-36-11-4-5-12-37(36)30-47(45)52(48(43)44)41-24-31-23-40(27-41)46(52)25-31/h1-22,26,28-31,40-41,46H,23-25,27H2. The minimum absolute atomic E-state index is 0.0775. The first-order valence-electron chi connectivity index (χ1n) is 20.1.